The van der Waals surface area contributed by atoms with Gasteiger partial charge in [-0.2, -0.15) is 0 Å². The van der Waals surface area contributed by atoms with E-state index in [0.717, 1.165) is 25.5 Å². The first-order chi connectivity index (χ1) is 12.9. The lowest BCUT2D eigenvalue weighted by Crippen LogP contribution is -2.29. The number of thiophene rings is 1. The highest BCUT2D eigenvalue weighted by Gasteiger charge is 2.19. The van der Waals surface area contributed by atoms with Gasteiger partial charge in [0.1, 0.15) is 0 Å². The molecule has 3 rings (SSSR count). The Morgan fingerprint density at radius 2 is 1.96 bits per heavy atom. The highest BCUT2D eigenvalue weighted by atomic mass is 79.9. The molecule has 0 radical (unpaired) electrons. The molecule has 1 aromatic carbocycles. The number of anilines is 1. The summed E-state index contributed by atoms with van der Waals surface area (Å²) in [4.78, 5) is 30.5. The van der Waals surface area contributed by atoms with Gasteiger partial charge in [0, 0.05) is 26.7 Å². The van der Waals surface area contributed by atoms with Crippen LogP contribution >= 0.6 is 38.6 Å². The van der Waals surface area contributed by atoms with Gasteiger partial charge in [-0.1, -0.05) is 34.1 Å². The summed E-state index contributed by atoms with van der Waals surface area (Å²) in [5.74, 6) is -0.345. The van der Waals surface area contributed by atoms with Gasteiger partial charge in [-0.3, -0.25) is 9.59 Å². The molecule has 2 amide bonds. The summed E-state index contributed by atoms with van der Waals surface area (Å²) in [5, 5.41) is 8.18. The van der Waals surface area contributed by atoms with E-state index in [0.29, 0.717) is 5.13 Å². The molecule has 0 spiro atoms. The molecule has 2 N–H and O–H groups in total. The Bertz CT molecular complexity index is 937. The van der Waals surface area contributed by atoms with Gasteiger partial charge >= 0.3 is 0 Å². The standard InChI is InChI=1S/C19H18BrN3O2S2/c1-11-18(13-5-7-14(20)8-6-13)23-19(27-11)22-17(25)10-15(21-12(2)24)16-4-3-9-26-16/h3-9,15H,10H2,1-2H3,(H,21,24)(H,22,23,25)/t15-/m1/s1. The molecule has 0 aliphatic heterocycles. The maximum absolute atomic E-state index is 12.5. The number of thiazole rings is 1. The fraction of sp³-hybridized carbons (Fsp3) is 0.211. The number of rotatable bonds is 6. The number of carbonyl (C=O) groups excluding carboxylic acids is 2. The van der Waals surface area contributed by atoms with E-state index in [1.807, 2.05) is 48.7 Å². The van der Waals surface area contributed by atoms with Gasteiger partial charge in [0.2, 0.25) is 11.8 Å². The number of aromatic nitrogens is 1. The molecule has 140 valence electrons. The van der Waals surface area contributed by atoms with Crippen LogP contribution in [0.3, 0.4) is 0 Å². The average Bonchev–Trinajstić information content (AvgIpc) is 3.24. The van der Waals surface area contributed by atoms with Crippen LogP contribution in [0.2, 0.25) is 0 Å². The van der Waals surface area contributed by atoms with Crippen LogP contribution in [0.1, 0.15) is 29.1 Å². The predicted octanol–water partition coefficient (Wildman–Crippen LogP) is 5.15. The zero-order valence-corrected chi connectivity index (χ0v) is 18.0. The van der Waals surface area contributed by atoms with Crippen molar-refractivity contribution in [3.8, 4) is 11.3 Å². The molecule has 0 saturated heterocycles. The summed E-state index contributed by atoms with van der Waals surface area (Å²) in [6, 6.07) is 11.4. The Labute approximate surface area is 174 Å². The average molecular weight is 464 g/mol. The van der Waals surface area contributed by atoms with E-state index in [4.69, 9.17) is 0 Å². The van der Waals surface area contributed by atoms with Gasteiger partial charge in [0.15, 0.2) is 5.13 Å². The second kappa shape index (κ2) is 8.77. The number of amides is 2. The highest BCUT2D eigenvalue weighted by molar-refractivity contribution is 9.10. The molecule has 0 fully saturated rings. The maximum atomic E-state index is 12.5. The molecule has 0 aliphatic carbocycles. The van der Waals surface area contributed by atoms with Crippen molar-refractivity contribution < 1.29 is 9.59 Å². The first-order valence-corrected chi connectivity index (χ1v) is 10.7. The highest BCUT2D eigenvalue weighted by Crippen LogP contribution is 2.31. The van der Waals surface area contributed by atoms with Gasteiger partial charge in [-0.25, -0.2) is 4.98 Å². The molecule has 1 atom stereocenters. The van der Waals surface area contributed by atoms with Crippen molar-refractivity contribution in [2.45, 2.75) is 26.3 Å². The van der Waals surface area contributed by atoms with Crippen LogP contribution in [-0.4, -0.2) is 16.8 Å². The molecule has 2 aromatic heterocycles. The number of benzene rings is 1. The zero-order chi connectivity index (χ0) is 19.4. The summed E-state index contributed by atoms with van der Waals surface area (Å²) in [7, 11) is 0. The third-order valence-electron chi connectivity index (χ3n) is 3.81. The lowest BCUT2D eigenvalue weighted by molar-refractivity contribution is -0.120. The van der Waals surface area contributed by atoms with Gasteiger partial charge in [-0.05, 0) is 30.5 Å². The van der Waals surface area contributed by atoms with E-state index in [1.54, 1.807) is 0 Å². The number of halogens is 1. The normalized spacial score (nSPS) is 11.8. The molecule has 5 nitrogen and oxygen atoms in total. The van der Waals surface area contributed by atoms with Crippen LogP contribution in [0.25, 0.3) is 11.3 Å². The Morgan fingerprint density at radius 3 is 2.59 bits per heavy atom. The number of nitrogens with one attached hydrogen (secondary N) is 2. The number of nitrogens with zero attached hydrogens (tertiary/aromatic N) is 1. The second-order valence-corrected chi connectivity index (χ2v) is 9.05. The quantitative estimate of drug-likeness (QED) is 0.530. The van der Waals surface area contributed by atoms with Gasteiger partial charge in [-0.15, -0.1) is 22.7 Å². The van der Waals surface area contributed by atoms with Crippen molar-refractivity contribution in [3.05, 3.63) is 56.0 Å². The smallest absolute Gasteiger partial charge is 0.228 e. The molecule has 0 aliphatic rings. The molecule has 0 saturated carbocycles. The van der Waals surface area contributed by atoms with Crippen molar-refractivity contribution >= 4 is 55.5 Å². The summed E-state index contributed by atoms with van der Waals surface area (Å²) in [6.07, 6.45) is 0.159. The molecular weight excluding hydrogens is 446 g/mol. The van der Waals surface area contributed by atoms with Crippen LogP contribution < -0.4 is 10.6 Å². The minimum absolute atomic E-state index is 0.159. The van der Waals surface area contributed by atoms with Crippen LogP contribution in [0.4, 0.5) is 5.13 Å². The molecule has 27 heavy (non-hydrogen) atoms. The van der Waals surface area contributed by atoms with Gasteiger partial charge in [0.25, 0.3) is 0 Å². The first kappa shape index (κ1) is 19.7. The molecule has 2 heterocycles. The Balaban J connectivity index is 1.71. The van der Waals surface area contributed by atoms with Gasteiger partial charge < -0.3 is 10.6 Å². The van der Waals surface area contributed by atoms with Crippen molar-refractivity contribution in [1.82, 2.24) is 10.3 Å². The zero-order valence-electron chi connectivity index (χ0n) is 14.8. The van der Waals surface area contributed by atoms with Crippen LogP contribution in [0.5, 0.6) is 0 Å². The fourth-order valence-corrected chi connectivity index (χ4v) is 4.53. The van der Waals surface area contributed by atoms with Crippen LogP contribution in [0, 0.1) is 6.92 Å². The minimum atomic E-state index is -0.338. The Kier molecular flexibility index (Phi) is 6.41. The summed E-state index contributed by atoms with van der Waals surface area (Å²) in [6.45, 7) is 3.43. The number of aryl methyl sites for hydroxylation is 1. The summed E-state index contributed by atoms with van der Waals surface area (Å²) in [5.41, 5.74) is 1.86. The summed E-state index contributed by atoms with van der Waals surface area (Å²) < 4.78 is 1.00. The van der Waals surface area contributed by atoms with E-state index in [1.165, 1.54) is 29.6 Å². The number of hydrogen-bond acceptors (Lipinski definition) is 5. The molecule has 3 aromatic rings. The largest absolute Gasteiger partial charge is 0.348 e. The van der Waals surface area contributed by atoms with E-state index < -0.39 is 0 Å². The predicted molar refractivity (Wildman–Crippen MR) is 114 cm³/mol. The van der Waals surface area contributed by atoms with Crippen molar-refractivity contribution in [3.63, 3.8) is 0 Å². The summed E-state index contributed by atoms with van der Waals surface area (Å²) >= 11 is 6.38. The first-order valence-electron chi connectivity index (χ1n) is 8.26. The van der Waals surface area contributed by atoms with Crippen LogP contribution in [-0.2, 0) is 9.59 Å². The van der Waals surface area contributed by atoms with Crippen molar-refractivity contribution in [2.24, 2.45) is 0 Å². The molecular formula is C19H18BrN3O2S2. The Morgan fingerprint density at radius 1 is 1.22 bits per heavy atom. The van der Waals surface area contributed by atoms with E-state index in [-0.39, 0.29) is 24.3 Å². The van der Waals surface area contributed by atoms with Gasteiger partial charge in [0.05, 0.1) is 18.2 Å². The lowest BCUT2D eigenvalue weighted by atomic mass is 10.1. The molecule has 8 heteroatoms. The fourth-order valence-electron chi connectivity index (χ4n) is 2.64. The van der Waals surface area contributed by atoms with E-state index in [9.17, 15) is 9.59 Å². The third kappa shape index (κ3) is 5.24. The maximum Gasteiger partial charge on any atom is 0.228 e. The monoisotopic (exact) mass is 463 g/mol. The SMILES string of the molecule is CC(=O)N[C@H](CC(=O)Nc1nc(-c2ccc(Br)cc2)c(C)s1)c1cccs1. The lowest BCUT2D eigenvalue weighted by Gasteiger charge is -2.15. The third-order valence-corrected chi connectivity index (χ3v) is 6.22. The molecule has 0 unspecified atom stereocenters. The second-order valence-electron chi connectivity index (χ2n) is 5.95. The van der Waals surface area contributed by atoms with Crippen LogP contribution in [0.15, 0.2) is 46.3 Å². The minimum Gasteiger partial charge on any atom is -0.348 e. The molecule has 0 bridgehead atoms. The number of hydrogen-bond donors (Lipinski definition) is 2. The van der Waals surface area contributed by atoms with Crippen molar-refractivity contribution in [1.29, 1.82) is 0 Å². The number of carbonyl (C=O) groups is 2. The topological polar surface area (TPSA) is 71.1 Å². The van der Waals surface area contributed by atoms with E-state index in [2.05, 4.69) is 31.5 Å². The van der Waals surface area contributed by atoms with E-state index >= 15 is 0 Å². The van der Waals surface area contributed by atoms with Crippen molar-refractivity contribution in [2.75, 3.05) is 5.32 Å². The Hall–Kier alpha value is -2.03.